The lowest BCUT2D eigenvalue weighted by atomic mass is 10.0. The minimum atomic E-state index is -0.0158. The van der Waals surface area contributed by atoms with Crippen LogP contribution in [-0.4, -0.2) is 37.6 Å². The second-order valence-corrected chi connectivity index (χ2v) is 5.15. The third-order valence-corrected chi connectivity index (χ3v) is 3.76. The third kappa shape index (κ3) is 3.98. The van der Waals surface area contributed by atoms with Crippen LogP contribution in [-0.2, 0) is 0 Å². The molecule has 0 aliphatic carbocycles. The van der Waals surface area contributed by atoms with Crippen LogP contribution >= 0.6 is 0 Å². The molecule has 0 spiro atoms. The lowest BCUT2D eigenvalue weighted by Gasteiger charge is -2.36. The van der Waals surface area contributed by atoms with Crippen molar-refractivity contribution >= 4 is 5.69 Å². The van der Waals surface area contributed by atoms with E-state index in [2.05, 4.69) is 46.2 Å². The molecule has 2 rings (SSSR count). The van der Waals surface area contributed by atoms with Crippen molar-refractivity contribution in [1.82, 2.24) is 4.90 Å². The topological polar surface area (TPSA) is 54.1 Å². The van der Waals surface area contributed by atoms with Gasteiger partial charge in [-0.25, -0.2) is 0 Å². The third-order valence-electron chi connectivity index (χ3n) is 3.76. The number of para-hydroxylation sites is 1. The molecule has 1 aromatic carbocycles. The predicted molar refractivity (Wildman–Crippen MR) is 79.0 cm³/mol. The van der Waals surface area contributed by atoms with Crippen LogP contribution < -0.4 is 4.90 Å². The van der Waals surface area contributed by atoms with Gasteiger partial charge in [0.15, 0.2) is 0 Å². The Hall–Kier alpha value is -2.04. The molecule has 0 saturated carbocycles. The lowest BCUT2D eigenvalue weighted by molar-refractivity contribution is 0.233. The summed E-state index contributed by atoms with van der Waals surface area (Å²) in [4.78, 5) is 4.72. The van der Waals surface area contributed by atoms with Gasteiger partial charge in [0, 0.05) is 44.8 Å². The number of nitrogens with zero attached hydrogens (tertiary/aromatic N) is 4. The number of hydrogen-bond acceptors (Lipinski definition) is 4. The van der Waals surface area contributed by atoms with Gasteiger partial charge < -0.3 is 4.90 Å². The zero-order valence-electron chi connectivity index (χ0n) is 11.7. The fourth-order valence-electron chi connectivity index (χ4n) is 2.57. The van der Waals surface area contributed by atoms with Gasteiger partial charge in [0.25, 0.3) is 0 Å². The Morgan fingerprint density at radius 1 is 1.05 bits per heavy atom. The Kier molecular flexibility index (Phi) is 5.41. The van der Waals surface area contributed by atoms with Crippen LogP contribution in [0.25, 0.3) is 0 Å². The second kappa shape index (κ2) is 7.53. The van der Waals surface area contributed by atoms with Crippen molar-refractivity contribution in [1.29, 1.82) is 10.5 Å². The van der Waals surface area contributed by atoms with Crippen molar-refractivity contribution in [3.8, 4) is 12.1 Å². The highest BCUT2D eigenvalue weighted by Gasteiger charge is 2.19. The fourth-order valence-corrected chi connectivity index (χ4v) is 2.57. The maximum absolute atomic E-state index is 9.12. The van der Waals surface area contributed by atoms with Crippen molar-refractivity contribution in [2.24, 2.45) is 5.92 Å². The first-order valence-electron chi connectivity index (χ1n) is 7.12. The first-order valence-corrected chi connectivity index (χ1v) is 7.12. The summed E-state index contributed by atoms with van der Waals surface area (Å²) in [5, 5.41) is 17.7. The van der Waals surface area contributed by atoms with Crippen LogP contribution in [0.3, 0.4) is 0 Å². The summed E-state index contributed by atoms with van der Waals surface area (Å²) in [6.45, 7) is 4.76. The molecule has 0 N–H and O–H groups in total. The van der Waals surface area contributed by atoms with Gasteiger partial charge in [0.2, 0.25) is 0 Å². The quantitative estimate of drug-likeness (QED) is 0.822. The number of hydrogen-bond donors (Lipinski definition) is 0. The smallest absolute Gasteiger partial charge is 0.0669 e. The molecule has 4 heteroatoms. The van der Waals surface area contributed by atoms with Gasteiger partial charge in [-0.3, -0.25) is 4.90 Å². The Morgan fingerprint density at radius 3 is 2.35 bits per heavy atom. The van der Waals surface area contributed by atoms with Crippen LogP contribution in [0.4, 0.5) is 5.69 Å². The lowest BCUT2D eigenvalue weighted by Crippen LogP contribution is -2.47. The van der Waals surface area contributed by atoms with Crippen LogP contribution in [0.5, 0.6) is 0 Å². The molecule has 20 heavy (non-hydrogen) atoms. The first kappa shape index (κ1) is 14.4. The van der Waals surface area contributed by atoms with E-state index < -0.39 is 0 Å². The largest absolute Gasteiger partial charge is 0.369 e. The number of anilines is 1. The molecule has 1 heterocycles. The van der Waals surface area contributed by atoms with Gasteiger partial charge in [0.1, 0.15) is 0 Å². The molecular weight excluding hydrogens is 248 g/mol. The Labute approximate surface area is 120 Å². The molecule has 0 bridgehead atoms. The van der Waals surface area contributed by atoms with Crippen molar-refractivity contribution in [3.63, 3.8) is 0 Å². The van der Waals surface area contributed by atoms with Crippen molar-refractivity contribution in [2.75, 3.05) is 37.6 Å². The Bertz CT molecular complexity index is 477. The molecule has 1 aliphatic heterocycles. The standard InChI is InChI=1S/C16H20N4/c17-8-4-5-15(13-18)14-19-9-11-20(12-10-19)16-6-2-1-3-7-16/h1-3,6-7,15H,4-5,9-12,14H2. The molecule has 0 amide bonds. The molecule has 1 fully saturated rings. The molecule has 0 radical (unpaired) electrons. The summed E-state index contributed by atoms with van der Waals surface area (Å²) < 4.78 is 0. The average molecular weight is 268 g/mol. The highest BCUT2D eigenvalue weighted by molar-refractivity contribution is 5.46. The molecule has 0 aromatic heterocycles. The van der Waals surface area contributed by atoms with Crippen LogP contribution in [0.1, 0.15) is 12.8 Å². The maximum Gasteiger partial charge on any atom is 0.0669 e. The SMILES string of the molecule is N#CCCC(C#N)CN1CCN(c2ccccc2)CC1. The number of benzene rings is 1. The van der Waals surface area contributed by atoms with Gasteiger partial charge in [0.05, 0.1) is 18.1 Å². The summed E-state index contributed by atoms with van der Waals surface area (Å²) in [5.41, 5.74) is 1.27. The maximum atomic E-state index is 9.12. The Balaban J connectivity index is 1.80. The molecule has 1 saturated heterocycles. The first-order chi connectivity index (χ1) is 9.83. The van der Waals surface area contributed by atoms with E-state index in [0.717, 1.165) is 32.7 Å². The van der Waals surface area contributed by atoms with E-state index in [4.69, 9.17) is 10.5 Å². The highest BCUT2D eigenvalue weighted by atomic mass is 15.3. The van der Waals surface area contributed by atoms with E-state index in [1.807, 2.05) is 6.07 Å². The van der Waals surface area contributed by atoms with Crippen LogP contribution in [0, 0.1) is 28.6 Å². The van der Waals surface area contributed by atoms with Gasteiger partial charge in [-0.15, -0.1) is 0 Å². The van der Waals surface area contributed by atoms with Crippen LogP contribution in [0.15, 0.2) is 30.3 Å². The Morgan fingerprint density at radius 2 is 1.75 bits per heavy atom. The summed E-state index contributed by atoms with van der Waals surface area (Å²) in [6, 6.07) is 14.9. The minimum Gasteiger partial charge on any atom is -0.369 e. The summed E-state index contributed by atoms with van der Waals surface area (Å²) in [5.74, 6) is -0.0158. The van der Waals surface area contributed by atoms with E-state index in [9.17, 15) is 0 Å². The van der Waals surface area contributed by atoms with Gasteiger partial charge in [-0.2, -0.15) is 10.5 Å². The van der Waals surface area contributed by atoms with Crippen molar-refractivity contribution < 1.29 is 0 Å². The molecule has 1 unspecified atom stereocenters. The monoisotopic (exact) mass is 268 g/mol. The van der Waals surface area contributed by atoms with E-state index in [1.165, 1.54) is 5.69 Å². The second-order valence-electron chi connectivity index (χ2n) is 5.15. The van der Waals surface area contributed by atoms with Crippen LogP contribution in [0.2, 0.25) is 0 Å². The number of rotatable bonds is 5. The van der Waals surface area contributed by atoms with E-state index in [0.29, 0.717) is 12.8 Å². The van der Waals surface area contributed by atoms with Gasteiger partial charge >= 0.3 is 0 Å². The molecule has 4 nitrogen and oxygen atoms in total. The zero-order chi connectivity index (χ0) is 14.2. The molecular formula is C16H20N4. The molecule has 1 aromatic rings. The van der Waals surface area contributed by atoms with E-state index >= 15 is 0 Å². The summed E-state index contributed by atoms with van der Waals surface area (Å²) in [7, 11) is 0. The summed E-state index contributed by atoms with van der Waals surface area (Å²) >= 11 is 0. The summed E-state index contributed by atoms with van der Waals surface area (Å²) in [6.07, 6.45) is 1.16. The van der Waals surface area contributed by atoms with E-state index in [1.54, 1.807) is 0 Å². The van der Waals surface area contributed by atoms with Gasteiger partial charge in [-0.05, 0) is 18.6 Å². The molecule has 1 aliphatic rings. The zero-order valence-corrected chi connectivity index (χ0v) is 11.7. The number of piperazine rings is 1. The van der Waals surface area contributed by atoms with E-state index in [-0.39, 0.29) is 5.92 Å². The minimum absolute atomic E-state index is 0.0158. The molecule has 1 atom stereocenters. The average Bonchev–Trinajstić information content (AvgIpc) is 2.53. The normalized spacial score (nSPS) is 17.2. The predicted octanol–water partition coefficient (Wildman–Crippen LogP) is 2.25. The van der Waals surface area contributed by atoms with Crippen molar-refractivity contribution in [3.05, 3.63) is 30.3 Å². The molecule has 104 valence electrons. The fraction of sp³-hybridized carbons (Fsp3) is 0.500. The van der Waals surface area contributed by atoms with Gasteiger partial charge in [-0.1, -0.05) is 18.2 Å². The highest BCUT2D eigenvalue weighted by Crippen LogP contribution is 2.16. The van der Waals surface area contributed by atoms with Crippen molar-refractivity contribution in [2.45, 2.75) is 12.8 Å². The number of nitriles is 2.